The largest absolute Gasteiger partial charge is 0.370 e. The first-order valence-corrected chi connectivity index (χ1v) is 7.79. The van der Waals surface area contributed by atoms with E-state index in [0.29, 0.717) is 5.56 Å². The molecule has 1 aliphatic heterocycles. The Morgan fingerprint density at radius 3 is 2.71 bits per heavy atom. The van der Waals surface area contributed by atoms with Gasteiger partial charge in [0.1, 0.15) is 0 Å². The molecule has 0 aliphatic carbocycles. The second-order valence-corrected chi connectivity index (χ2v) is 5.97. The zero-order chi connectivity index (χ0) is 14.7. The van der Waals surface area contributed by atoms with E-state index < -0.39 is 0 Å². The number of halogens is 1. The van der Waals surface area contributed by atoms with Crippen LogP contribution in [0.3, 0.4) is 0 Å². The number of nitrogens with zero attached hydrogens (tertiary/aromatic N) is 2. The number of nitrogens with one attached hydrogen (secondary N) is 1. The number of carbonyl (C=O) groups excluding carboxylic acids is 1. The lowest BCUT2D eigenvalue weighted by Crippen LogP contribution is -2.21. The summed E-state index contributed by atoms with van der Waals surface area (Å²) < 4.78 is 0.794. The zero-order valence-electron chi connectivity index (χ0n) is 11.6. The van der Waals surface area contributed by atoms with Crippen LogP contribution in [0.1, 0.15) is 23.2 Å². The van der Waals surface area contributed by atoms with Gasteiger partial charge < -0.3 is 10.2 Å². The van der Waals surface area contributed by atoms with E-state index in [4.69, 9.17) is 0 Å². The summed E-state index contributed by atoms with van der Waals surface area (Å²) in [6, 6.07) is 9.70. The average Bonchev–Trinajstić information content (AvgIpc) is 3.02. The molecule has 0 bridgehead atoms. The number of pyridine rings is 1. The van der Waals surface area contributed by atoms with Gasteiger partial charge in [0.25, 0.3) is 5.91 Å². The van der Waals surface area contributed by atoms with Gasteiger partial charge in [-0.05, 0) is 47.0 Å². The topological polar surface area (TPSA) is 45.2 Å². The van der Waals surface area contributed by atoms with Gasteiger partial charge in [0.15, 0.2) is 0 Å². The third-order valence-electron chi connectivity index (χ3n) is 3.57. The van der Waals surface area contributed by atoms with Crippen LogP contribution in [0.15, 0.2) is 47.2 Å². The van der Waals surface area contributed by atoms with Gasteiger partial charge in [0.05, 0.1) is 16.9 Å². The molecule has 0 unspecified atom stereocenters. The normalized spacial score (nSPS) is 14.2. The molecule has 1 saturated heterocycles. The summed E-state index contributed by atoms with van der Waals surface area (Å²) in [4.78, 5) is 18.7. The Bertz CT molecular complexity index is 653. The lowest BCUT2D eigenvalue weighted by molar-refractivity contribution is 0.102. The van der Waals surface area contributed by atoms with Crippen molar-refractivity contribution in [3.63, 3.8) is 0 Å². The van der Waals surface area contributed by atoms with Crippen LogP contribution in [0.4, 0.5) is 11.4 Å². The predicted octanol–water partition coefficient (Wildman–Crippen LogP) is 3.70. The lowest BCUT2D eigenvalue weighted by atomic mass is 10.2. The molecule has 0 radical (unpaired) electrons. The van der Waals surface area contributed by atoms with Gasteiger partial charge in [-0.25, -0.2) is 0 Å². The van der Waals surface area contributed by atoms with Crippen molar-refractivity contribution >= 4 is 33.2 Å². The minimum absolute atomic E-state index is 0.143. The Hall–Kier alpha value is -1.88. The van der Waals surface area contributed by atoms with Crippen LogP contribution in [0.2, 0.25) is 0 Å². The third kappa shape index (κ3) is 3.24. The molecule has 1 fully saturated rings. The Kier molecular flexibility index (Phi) is 4.20. The Morgan fingerprint density at radius 2 is 1.95 bits per heavy atom. The van der Waals surface area contributed by atoms with Crippen molar-refractivity contribution < 1.29 is 4.79 Å². The number of para-hydroxylation sites is 2. The van der Waals surface area contributed by atoms with E-state index in [2.05, 4.69) is 37.2 Å². The third-order valence-corrected chi connectivity index (χ3v) is 4.00. The van der Waals surface area contributed by atoms with Gasteiger partial charge in [-0.1, -0.05) is 12.1 Å². The van der Waals surface area contributed by atoms with Crippen molar-refractivity contribution in [1.82, 2.24) is 4.98 Å². The highest BCUT2D eigenvalue weighted by Gasteiger charge is 2.17. The van der Waals surface area contributed by atoms with Crippen LogP contribution in [-0.4, -0.2) is 24.0 Å². The molecule has 5 heteroatoms. The van der Waals surface area contributed by atoms with E-state index in [1.54, 1.807) is 18.5 Å². The summed E-state index contributed by atoms with van der Waals surface area (Å²) >= 11 is 3.33. The standard InChI is InChI=1S/C16H16BrN3O/c17-13-9-12(10-18-11-13)16(21)19-14-5-1-2-6-15(14)20-7-3-4-8-20/h1-2,5-6,9-11H,3-4,7-8H2,(H,19,21). The quantitative estimate of drug-likeness (QED) is 0.922. The molecule has 3 rings (SSSR count). The minimum Gasteiger partial charge on any atom is -0.370 e. The monoisotopic (exact) mass is 345 g/mol. The molecule has 1 aromatic heterocycles. The fourth-order valence-electron chi connectivity index (χ4n) is 2.54. The Labute approximate surface area is 132 Å². The fraction of sp³-hybridized carbons (Fsp3) is 0.250. The van der Waals surface area contributed by atoms with Crippen molar-refractivity contribution in [2.75, 3.05) is 23.3 Å². The predicted molar refractivity (Wildman–Crippen MR) is 87.8 cm³/mol. The van der Waals surface area contributed by atoms with E-state index in [1.807, 2.05) is 18.2 Å². The lowest BCUT2D eigenvalue weighted by Gasteiger charge is -2.21. The van der Waals surface area contributed by atoms with Crippen LogP contribution < -0.4 is 10.2 Å². The minimum atomic E-state index is -0.143. The summed E-state index contributed by atoms with van der Waals surface area (Å²) in [5, 5.41) is 2.99. The highest BCUT2D eigenvalue weighted by molar-refractivity contribution is 9.10. The molecular weight excluding hydrogens is 330 g/mol. The van der Waals surface area contributed by atoms with Gasteiger partial charge in [0, 0.05) is 30.0 Å². The first kappa shape index (κ1) is 14.1. The number of benzene rings is 1. The Balaban J connectivity index is 1.83. The number of aromatic nitrogens is 1. The summed E-state index contributed by atoms with van der Waals surface area (Å²) in [6.45, 7) is 2.09. The summed E-state index contributed by atoms with van der Waals surface area (Å²) in [5.74, 6) is -0.143. The van der Waals surface area contributed by atoms with E-state index in [0.717, 1.165) is 28.9 Å². The van der Waals surface area contributed by atoms with Crippen LogP contribution in [0.25, 0.3) is 0 Å². The van der Waals surface area contributed by atoms with Crippen molar-refractivity contribution in [1.29, 1.82) is 0 Å². The highest BCUT2D eigenvalue weighted by Crippen LogP contribution is 2.29. The first-order chi connectivity index (χ1) is 10.2. The van der Waals surface area contributed by atoms with Gasteiger partial charge in [-0.3, -0.25) is 9.78 Å². The van der Waals surface area contributed by atoms with Crippen molar-refractivity contribution in [3.05, 3.63) is 52.8 Å². The maximum atomic E-state index is 12.3. The summed E-state index contributed by atoms with van der Waals surface area (Å²) in [5.41, 5.74) is 2.48. The van der Waals surface area contributed by atoms with Gasteiger partial charge in [-0.2, -0.15) is 0 Å². The molecule has 108 valence electrons. The number of amides is 1. The molecule has 4 nitrogen and oxygen atoms in total. The summed E-state index contributed by atoms with van der Waals surface area (Å²) in [6.07, 6.45) is 5.64. The van der Waals surface area contributed by atoms with Crippen molar-refractivity contribution in [3.8, 4) is 0 Å². The number of hydrogen-bond acceptors (Lipinski definition) is 3. The Morgan fingerprint density at radius 1 is 1.19 bits per heavy atom. The van der Waals surface area contributed by atoms with Gasteiger partial charge >= 0.3 is 0 Å². The van der Waals surface area contributed by atoms with Gasteiger partial charge in [0.2, 0.25) is 0 Å². The van der Waals surface area contributed by atoms with E-state index in [-0.39, 0.29) is 5.91 Å². The van der Waals surface area contributed by atoms with E-state index in [1.165, 1.54) is 12.8 Å². The van der Waals surface area contributed by atoms with Crippen LogP contribution in [-0.2, 0) is 0 Å². The summed E-state index contributed by atoms with van der Waals surface area (Å²) in [7, 11) is 0. The fourth-order valence-corrected chi connectivity index (χ4v) is 2.91. The molecular formula is C16H16BrN3O. The molecule has 1 aromatic carbocycles. The molecule has 1 aliphatic rings. The maximum absolute atomic E-state index is 12.3. The second-order valence-electron chi connectivity index (χ2n) is 5.06. The second kappa shape index (κ2) is 6.26. The molecule has 2 heterocycles. The van der Waals surface area contributed by atoms with Crippen molar-refractivity contribution in [2.45, 2.75) is 12.8 Å². The van der Waals surface area contributed by atoms with E-state index >= 15 is 0 Å². The molecule has 0 saturated carbocycles. The molecule has 0 atom stereocenters. The van der Waals surface area contributed by atoms with Crippen LogP contribution in [0.5, 0.6) is 0 Å². The average molecular weight is 346 g/mol. The SMILES string of the molecule is O=C(Nc1ccccc1N1CCCC1)c1cncc(Br)c1. The molecule has 1 amide bonds. The first-order valence-electron chi connectivity index (χ1n) is 7.00. The highest BCUT2D eigenvalue weighted by atomic mass is 79.9. The maximum Gasteiger partial charge on any atom is 0.257 e. The van der Waals surface area contributed by atoms with Gasteiger partial charge in [-0.15, -0.1) is 0 Å². The molecule has 1 N–H and O–H groups in total. The van der Waals surface area contributed by atoms with Crippen molar-refractivity contribution in [2.24, 2.45) is 0 Å². The number of hydrogen-bond donors (Lipinski definition) is 1. The zero-order valence-corrected chi connectivity index (χ0v) is 13.1. The molecule has 2 aromatic rings. The van der Waals surface area contributed by atoms with Crippen LogP contribution in [0, 0.1) is 0 Å². The number of rotatable bonds is 3. The smallest absolute Gasteiger partial charge is 0.257 e. The molecule has 21 heavy (non-hydrogen) atoms. The van der Waals surface area contributed by atoms with E-state index in [9.17, 15) is 4.79 Å². The number of anilines is 2. The molecule has 0 spiro atoms. The van der Waals surface area contributed by atoms with Crippen LogP contribution >= 0.6 is 15.9 Å². The number of carbonyl (C=O) groups is 1.